The monoisotopic (exact) mass is 519 g/mol. The minimum atomic E-state index is 0.444. The number of rotatable bonds is 4. The van der Waals surface area contributed by atoms with Crippen LogP contribution >= 0.6 is 0 Å². The van der Waals surface area contributed by atoms with Crippen LogP contribution in [0.3, 0.4) is 0 Å². The zero-order valence-electron chi connectivity index (χ0n) is 23.5. The average molecular weight is 520 g/mol. The second-order valence-corrected chi connectivity index (χ2v) is 11.8. The summed E-state index contributed by atoms with van der Waals surface area (Å²) in [6, 6.07) is 38.3. The Morgan fingerprint density at radius 1 is 0.525 bits per heavy atom. The van der Waals surface area contributed by atoms with Crippen molar-refractivity contribution >= 4 is 60.8 Å². The van der Waals surface area contributed by atoms with Gasteiger partial charge in [-0.3, -0.25) is 0 Å². The average Bonchev–Trinajstić information content (AvgIpc) is 3.63. The van der Waals surface area contributed by atoms with Crippen LogP contribution < -0.4 is 9.80 Å². The summed E-state index contributed by atoms with van der Waals surface area (Å²) in [6.45, 7) is 10.0. The van der Waals surface area contributed by atoms with Gasteiger partial charge in [-0.2, -0.15) is 0 Å². The SMILES string of the molecule is CC(C)c1cccc(C(C)C)c1N1CN(c2ccc3c(c2)c2cccc4c5ccccc5n3c42)c2ccccc21. The van der Waals surface area contributed by atoms with Gasteiger partial charge in [0.15, 0.2) is 0 Å². The van der Waals surface area contributed by atoms with E-state index in [4.69, 9.17) is 0 Å². The Morgan fingerprint density at radius 2 is 1.10 bits per heavy atom. The number of hydrogen-bond acceptors (Lipinski definition) is 2. The quantitative estimate of drug-likeness (QED) is 0.229. The van der Waals surface area contributed by atoms with Crippen LogP contribution in [-0.2, 0) is 0 Å². The van der Waals surface area contributed by atoms with E-state index in [2.05, 4.69) is 145 Å². The summed E-state index contributed by atoms with van der Waals surface area (Å²) in [6.07, 6.45) is 0. The molecule has 2 aromatic heterocycles. The largest absolute Gasteiger partial charge is 0.321 e. The lowest BCUT2D eigenvalue weighted by molar-refractivity contribution is 0.819. The summed E-state index contributed by atoms with van der Waals surface area (Å²) in [5, 5.41) is 5.28. The normalized spacial score (nSPS) is 13.8. The smallest absolute Gasteiger partial charge is 0.100 e. The van der Waals surface area contributed by atoms with Crippen LogP contribution in [0.1, 0.15) is 50.7 Å². The number of benzene rings is 5. The Kier molecular flexibility index (Phi) is 4.97. The maximum absolute atomic E-state index is 2.55. The van der Waals surface area contributed by atoms with Gasteiger partial charge in [-0.25, -0.2) is 0 Å². The molecule has 3 heteroatoms. The van der Waals surface area contributed by atoms with Crippen molar-refractivity contribution in [2.45, 2.75) is 39.5 Å². The molecule has 3 nitrogen and oxygen atoms in total. The molecule has 7 aromatic rings. The zero-order valence-corrected chi connectivity index (χ0v) is 23.5. The van der Waals surface area contributed by atoms with Gasteiger partial charge in [-0.1, -0.05) is 94.4 Å². The predicted molar refractivity (Wildman–Crippen MR) is 171 cm³/mol. The van der Waals surface area contributed by atoms with Crippen molar-refractivity contribution in [1.29, 1.82) is 0 Å². The van der Waals surface area contributed by atoms with E-state index < -0.39 is 0 Å². The van der Waals surface area contributed by atoms with Gasteiger partial charge in [0, 0.05) is 32.9 Å². The van der Waals surface area contributed by atoms with Crippen molar-refractivity contribution < 1.29 is 0 Å². The van der Waals surface area contributed by atoms with Crippen molar-refractivity contribution in [3.63, 3.8) is 0 Å². The topological polar surface area (TPSA) is 10.9 Å². The standard InChI is InChI=1S/C37H33N3/c1-23(2)26-12-9-13-27(24(3)4)36(26)39-22-38(34-17-7-8-18-35(34)39)25-19-20-33-31(21-25)30-15-10-14-29-28-11-5-6-16-32(28)40(33)37(29)30/h5-21,23-24H,22H2,1-4H3. The van der Waals surface area contributed by atoms with E-state index in [9.17, 15) is 0 Å². The van der Waals surface area contributed by atoms with Crippen LogP contribution in [0.25, 0.3) is 38.1 Å². The fourth-order valence-electron chi connectivity index (χ4n) is 7.04. The molecule has 40 heavy (non-hydrogen) atoms. The number of anilines is 4. The summed E-state index contributed by atoms with van der Waals surface area (Å²) in [5.74, 6) is 0.889. The molecule has 0 N–H and O–H groups in total. The molecule has 0 radical (unpaired) electrons. The Hall–Kier alpha value is -4.50. The minimum Gasteiger partial charge on any atom is -0.321 e. The summed E-state index contributed by atoms with van der Waals surface area (Å²) in [7, 11) is 0. The maximum atomic E-state index is 2.55. The van der Waals surface area contributed by atoms with Crippen LogP contribution in [0.5, 0.6) is 0 Å². The molecule has 0 saturated heterocycles. The van der Waals surface area contributed by atoms with Crippen molar-refractivity contribution in [2.24, 2.45) is 0 Å². The number of aromatic nitrogens is 1. The van der Waals surface area contributed by atoms with Crippen LogP contribution in [0.15, 0.2) is 103 Å². The number of para-hydroxylation sites is 5. The molecule has 1 aliphatic heterocycles. The third-order valence-corrected chi connectivity index (χ3v) is 8.88. The molecule has 0 spiro atoms. The lowest BCUT2D eigenvalue weighted by atomic mass is 9.92. The first-order valence-electron chi connectivity index (χ1n) is 14.5. The van der Waals surface area contributed by atoms with E-state index in [1.165, 1.54) is 72.0 Å². The van der Waals surface area contributed by atoms with E-state index in [1.807, 2.05) is 0 Å². The molecule has 0 amide bonds. The van der Waals surface area contributed by atoms with Gasteiger partial charge in [0.1, 0.15) is 6.67 Å². The maximum Gasteiger partial charge on any atom is 0.100 e. The Labute approximate surface area is 235 Å². The first-order valence-corrected chi connectivity index (χ1v) is 14.5. The van der Waals surface area contributed by atoms with Crippen LogP contribution in [0.4, 0.5) is 22.7 Å². The zero-order chi connectivity index (χ0) is 27.1. The molecule has 196 valence electrons. The lowest BCUT2D eigenvalue weighted by Crippen LogP contribution is -2.26. The van der Waals surface area contributed by atoms with Gasteiger partial charge < -0.3 is 14.2 Å². The number of fused-ring (bicyclic) bond motifs is 7. The van der Waals surface area contributed by atoms with Gasteiger partial charge >= 0.3 is 0 Å². The Bertz CT molecular complexity index is 2040. The van der Waals surface area contributed by atoms with Crippen LogP contribution in [0, 0.1) is 0 Å². The molecule has 3 heterocycles. The van der Waals surface area contributed by atoms with Crippen molar-refractivity contribution in [3.05, 3.63) is 114 Å². The molecule has 0 atom stereocenters. The second kappa shape index (κ2) is 8.50. The van der Waals surface area contributed by atoms with Crippen molar-refractivity contribution in [1.82, 2.24) is 4.40 Å². The summed E-state index contributed by atoms with van der Waals surface area (Å²) in [4.78, 5) is 5.04. The van der Waals surface area contributed by atoms with Gasteiger partial charge in [0.25, 0.3) is 0 Å². The second-order valence-electron chi connectivity index (χ2n) is 11.8. The third kappa shape index (κ3) is 3.12. The van der Waals surface area contributed by atoms with Crippen molar-refractivity contribution in [3.8, 4) is 0 Å². The molecule has 8 rings (SSSR count). The summed E-state index contributed by atoms with van der Waals surface area (Å²) in [5.41, 5.74) is 11.8. The minimum absolute atomic E-state index is 0.444. The van der Waals surface area contributed by atoms with E-state index in [0.717, 1.165) is 6.67 Å². The van der Waals surface area contributed by atoms with Gasteiger partial charge in [-0.05, 0) is 59.4 Å². The fraction of sp³-hybridized carbons (Fsp3) is 0.189. The highest BCUT2D eigenvalue weighted by atomic mass is 15.4. The summed E-state index contributed by atoms with van der Waals surface area (Å²) >= 11 is 0. The predicted octanol–water partition coefficient (Wildman–Crippen LogP) is 10.3. The van der Waals surface area contributed by atoms with Crippen LogP contribution in [0.2, 0.25) is 0 Å². The number of hydrogen-bond donors (Lipinski definition) is 0. The summed E-state index contributed by atoms with van der Waals surface area (Å²) < 4.78 is 2.46. The van der Waals surface area contributed by atoms with E-state index in [1.54, 1.807) is 0 Å². The molecule has 5 aromatic carbocycles. The Balaban J connectivity index is 1.33. The third-order valence-electron chi connectivity index (χ3n) is 8.88. The molecule has 0 aliphatic carbocycles. The van der Waals surface area contributed by atoms with E-state index >= 15 is 0 Å². The van der Waals surface area contributed by atoms with Gasteiger partial charge in [0.05, 0.1) is 27.9 Å². The van der Waals surface area contributed by atoms with E-state index in [0.29, 0.717) is 11.8 Å². The van der Waals surface area contributed by atoms with Gasteiger partial charge in [-0.15, -0.1) is 0 Å². The van der Waals surface area contributed by atoms with Crippen molar-refractivity contribution in [2.75, 3.05) is 16.5 Å². The highest BCUT2D eigenvalue weighted by Crippen LogP contribution is 2.49. The molecule has 0 fully saturated rings. The van der Waals surface area contributed by atoms with Gasteiger partial charge in [0.2, 0.25) is 0 Å². The molecule has 0 bridgehead atoms. The highest BCUT2D eigenvalue weighted by Gasteiger charge is 2.31. The molecule has 0 unspecified atom stereocenters. The first kappa shape index (κ1) is 23.4. The highest BCUT2D eigenvalue weighted by molar-refractivity contribution is 6.23. The molecule has 0 saturated carbocycles. The lowest BCUT2D eigenvalue weighted by Gasteiger charge is -2.29. The number of nitrogens with zero attached hydrogens (tertiary/aromatic N) is 3. The Morgan fingerprint density at radius 3 is 1.82 bits per heavy atom. The molecular formula is C37H33N3. The van der Waals surface area contributed by atoms with E-state index in [-0.39, 0.29) is 0 Å². The fourth-order valence-corrected chi connectivity index (χ4v) is 7.04. The van der Waals surface area contributed by atoms with Crippen LogP contribution in [-0.4, -0.2) is 11.1 Å². The molecule has 1 aliphatic rings. The first-order chi connectivity index (χ1) is 19.5. The molecular weight excluding hydrogens is 486 g/mol.